The summed E-state index contributed by atoms with van der Waals surface area (Å²) in [7, 11) is 1.86. The number of hydrogen-bond acceptors (Lipinski definition) is 5. The molecule has 0 heterocycles. The van der Waals surface area contributed by atoms with Crippen LogP contribution < -0.4 is 10.5 Å². The van der Waals surface area contributed by atoms with Crippen molar-refractivity contribution in [3.63, 3.8) is 0 Å². The molecule has 0 amide bonds. The van der Waals surface area contributed by atoms with Gasteiger partial charge in [0, 0.05) is 19.6 Å². The molecule has 0 radical (unpaired) electrons. The van der Waals surface area contributed by atoms with E-state index in [0.717, 1.165) is 5.56 Å². The minimum Gasteiger partial charge on any atom is -0.491 e. The molecule has 1 aromatic carbocycles. The quantitative estimate of drug-likeness (QED) is 0.650. The predicted molar refractivity (Wildman–Crippen MR) is 79.6 cm³/mol. The SMILES string of the molecule is CN(CC(O)COc1ccc(CN)cc1)CC(C)(C)O. The molecule has 0 aliphatic rings. The van der Waals surface area contributed by atoms with Crippen molar-refractivity contribution >= 4 is 0 Å². The van der Waals surface area contributed by atoms with Crippen molar-refractivity contribution in [1.82, 2.24) is 4.90 Å². The number of aliphatic hydroxyl groups excluding tert-OH is 1. The maximum atomic E-state index is 9.91. The van der Waals surface area contributed by atoms with Gasteiger partial charge in [0.1, 0.15) is 18.5 Å². The molecule has 20 heavy (non-hydrogen) atoms. The fraction of sp³-hybridized carbons (Fsp3) is 0.600. The van der Waals surface area contributed by atoms with Gasteiger partial charge >= 0.3 is 0 Å². The summed E-state index contributed by atoms with van der Waals surface area (Å²) >= 11 is 0. The van der Waals surface area contributed by atoms with Crippen LogP contribution in [0, 0.1) is 0 Å². The Balaban J connectivity index is 2.33. The summed E-state index contributed by atoms with van der Waals surface area (Å²) in [5, 5.41) is 19.6. The van der Waals surface area contributed by atoms with Gasteiger partial charge in [0.25, 0.3) is 0 Å². The number of aliphatic hydroxyl groups is 2. The molecule has 4 N–H and O–H groups in total. The highest BCUT2D eigenvalue weighted by atomic mass is 16.5. The van der Waals surface area contributed by atoms with Crippen LogP contribution in [0.2, 0.25) is 0 Å². The Morgan fingerprint density at radius 2 is 1.90 bits per heavy atom. The highest BCUT2D eigenvalue weighted by molar-refractivity contribution is 5.27. The number of ether oxygens (including phenoxy) is 1. The second-order valence-corrected chi connectivity index (χ2v) is 5.82. The monoisotopic (exact) mass is 282 g/mol. The van der Waals surface area contributed by atoms with E-state index in [2.05, 4.69) is 0 Å². The fourth-order valence-electron chi connectivity index (χ4n) is 2.05. The summed E-state index contributed by atoms with van der Waals surface area (Å²) in [5.41, 5.74) is 5.79. The van der Waals surface area contributed by atoms with Crippen LogP contribution in [0.3, 0.4) is 0 Å². The van der Waals surface area contributed by atoms with Gasteiger partial charge < -0.3 is 25.6 Å². The van der Waals surface area contributed by atoms with Gasteiger partial charge in [-0.1, -0.05) is 12.1 Å². The van der Waals surface area contributed by atoms with Crippen LogP contribution in [0.15, 0.2) is 24.3 Å². The maximum absolute atomic E-state index is 9.91. The minimum absolute atomic E-state index is 0.220. The molecule has 1 atom stereocenters. The third-order valence-electron chi connectivity index (χ3n) is 2.78. The number of rotatable bonds is 8. The van der Waals surface area contributed by atoms with E-state index in [1.807, 2.05) is 36.2 Å². The lowest BCUT2D eigenvalue weighted by atomic mass is 10.1. The summed E-state index contributed by atoms with van der Waals surface area (Å²) in [5.74, 6) is 0.714. The highest BCUT2D eigenvalue weighted by Crippen LogP contribution is 2.12. The zero-order valence-corrected chi connectivity index (χ0v) is 12.5. The first kappa shape index (κ1) is 16.9. The fourth-order valence-corrected chi connectivity index (χ4v) is 2.05. The van der Waals surface area contributed by atoms with Crippen LogP contribution in [-0.2, 0) is 6.54 Å². The molecule has 1 rings (SSSR count). The van der Waals surface area contributed by atoms with E-state index in [1.54, 1.807) is 13.8 Å². The molecule has 1 aromatic rings. The first-order chi connectivity index (χ1) is 9.30. The van der Waals surface area contributed by atoms with Gasteiger partial charge in [0.15, 0.2) is 0 Å². The molecule has 0 saturated carbocycles. The topological polar surface area (TPSA) is 79.0 Å². The highest BCUT2D eigenvalue weighted by Gasteiger charge is 2.17. The Labute approximate surface area is 121 Å². The van der Waals surface area contributed by atoms with Crippen molar-refractivity contribution in [2.45, 2.75) is 32.1 Å². The average molecular weight is 282 g/mol. The summed E-state index contributed by atoms with van der Waals surface area (Å²) in [4.78, 5) is 1.88. The van der Waals surface area contributed by atoms with E-state index < -0.39 is 11.7 Å². The molecule has 0 aliphatic heterocycles. The number of nitrogens with zero attached hydrogens (tertiary/aromatic N) is 1. The van der Waals surface area contributed by atoms with Crippen molar-refractivity contribution in [3.05, 3.63) is 29.8 Å². The Morgan fingerprint density at radius 3 is 2.40 bits per heavy atom. The van der Waals surface area contributed by atoms with E-state index >= 15 is 0 Å². The number of nitrogens with two attached hydrogens (primary N) is 1. The lowest BCUT2D eigenvalue weighted by Gasteiger charge is -2.27. The summed E-state index contributed by atoms with van der Waals surface area (Å²) in [6.07, 6.45) is -0.600. The molecule has 0 aromatic heterocycles. The smallest absolute Gasteiger partial charge is 0.119 e. The van der Waals surface area contributed by atoms with Crippen LogP contribution in [0.25, 0.3) is 0 Å². The van der Waals surface area contributed by atoms with Crippen molar-refractivity contribution in [2.75, 3.05) is 26.7 Å². The molecule has 0 bridgehead atoms. The third kappa shape index (κ3) is 6.86. The Kier molecular flexibility index (Phi) is 6.42. The van der Waals surface area contributed by atoms with Crippen LogP contribution >= 0.6 is 0 Å². The molecular weight excluding hydrogens is 256 g/mol. The second-order valence-electron chi connectivity index (χ2n) is 5.82. The van der Waals surface area contributed by atoms with E-state index in [1.165, 1.54) is 0 Å². The summed E-state index contributed by atoms with van der Waals surface area (Å²) in [6.45, 7) is 5.15. The number of likely N-dealkylation sites (N-methyl/N-ethyl adjacent to an activating group) is 1. The standard InChI is InChI=1S/C15H26N2O3/c1-15(2,19)11-17(3)9-13(18)10-20-14-6-4-12(8-16)5-7-14/h4-7,13,18-19H,8-11,16H2,1-3H3. The zero-order valence-electron chi connectivity index (χ0n) is 12.5. The largest absolute Gasteiger partial charge is 0.491 e. The van der Waals surface area contributed by atoms with Crippen molar-refractivity contribution in [2.24, 2.45) is 5.73 Å². The van der Waals surface area contributed by atoms with E-state index in [4.69, 9.17) is 10.5 Å². The maximum Gasteiger partial charge on any atom is 0.119 e. The van der Waals surface area contributed by atoms with Gasteiger partial charge in [0.05, 0.1) is 5.60 Å². The lowest BCUT2D eigenvalue weighted by molar-refractivity contribution is 0.0194. The molecule has 1 unspecified atom stereocenters. The molecule has 0 spiro atoms. The van der Waals surface area contributed by atoms with E-state index in [-0.39, 0.29) is 6.61 Å². The second kappa shape index (κ2) is 7.59. The molecule has 0 aliphatic carbocycles. The van der Waals surface area contributed by atoms with Crippen LogP contribution in [0.1, 0.15) is 19.4 Å². The van der Waals surface area contributed by atoms with Gasteiger partial charge in [0.2, 0.25) is 0 Å². The predicted octanol–water partition coefficient (Wildman–Crippen LogP) is 0.588. The van der Waals surface area contributed by atoms with Gasteiger partial charge in [-0.3, -0.25) is 0 Å². The van der Waals surface area contributed by atoms with Gasteiger partial charge in [-0.05, 0) is 38.6 Å². The van der Waals surface area contributed by atoms with Gasteiger partial charge in [-0.25, -0.2) is 0 Å². The summed E-state index contributed by atoms with van der Waals surface area (Å²) < 4.78 is 5.52. The molecule has 0 fully saturated rings. The molecule has 114 valence electrons. The Bertz CT molecular complexity index is 387. The first-order valence-corrected chi connectivity index (χ1v) is 6.81. The molecule has 5 heteroatoms. The summed E-state index contributed by atoms with van der Waals surface area (Å²) in [6, 6.07) is 7.50. The lowest BCUT2D eigenvalue weighted by Crippen LogP contribution is -2.41. The van der Waals surface area contributed by atoms with Crippen LogP contribution in [-0.4, -0.2) is 53.6 Å². The minimum atomic E-state index is -0.770. The molecular formula is C15H26N2O3. The zero-order chi connectivity index (χ0) is 15.2. The van der Waals surface area contributed by atoms with Crippen molar-refractivity contribution in [3.8, 4) is 5.75 Å². The molecule has 0 saturated heterocycles. The average Bonchev–Trinajstić information content (AvgIpc) is 2.34. The first-order valence-electron chi connectivity index (χ1n) is 6.81. The van der Waals surface area contributed by atoms with Crippen molar-refractivity contribution < 1.29 is 14.9 Å². The van der Waals surface area contributed by atoms with Crippen LogP contribution in [0.4, 0.5) is 0 Å². The van der Waals surface area contributed by atoms with Gasteiger partial charge in [-0.15, -0.1) is 0 Å². The van der Waals surface area contributed by atoms with Crippen molar-refractivity contribution in [1.29, 1.82) is 0 Å². The van der Waals surface area contributed by atoms with Crippen LogP contribution in [0.5, 0.6) is 5.75 Å². The van der Waals surface area contributed by atoms with E-state index in [9.17, 15) is 10.2 Å². The normalized spacial score (nSPS) is 13.6. The molecule has 5 nitrogen and oxygen atoms in total. The third-order valence-corrected chi connectivity index (χ3v) is 2.78. The Hall–Kier alpha value is -1.14. The number of hydrogen-bond donors (Lipinski definition) is 3. The number of benzene rings is 1. The van der Waals surface area contributed by atoms with E-state index in [0.29, 0.717) is 25.4 Å². The van der Waals surface area contributed by atoms with Gasteiger partial charge in [-0.2, -0.15) is 0 Å². The Morgan fingerprint density at radius 1 is 1.30 bits per heavy atom.